The SMILES string of the molecule is C=C(CCCc1c(C)[nH]c2c(F)ccc(C)c12)c1ccc(-c2cc3ccccc3n2C)cc1. The Kier molecular flexibility index (Phi) is 5.41. The summed E-state index contributed by atoms with van der Waals surface area (Å²) in [7, 11) is 2.12. The number of halogens is 1. The van der Waals surface area contributed by atoms with Gasteiger partial charge in [-0.05, 0) is 79.1 Å². The fourth-order valence-corrected chi connectivity index (χ4v) is 5.02. The van der Waals surface area contributed by atoms with Crippen LogP contribution in [0.4, 0.5) is 4.39 Å². The Morgan fingerprint density at radius 3 is 2.52 bits per heavy atom. The van der Waals surface area contributed by atoms with Gasteiger partial charge >= 0.3 is 0 Å². The lowest BCUT2D eigenvalue weighted by Crippen LogP contribution is -1.92. The van der Waals surface area contributed by atoms with Crippen molar-refractivity contribution in [2.75, 3.05) is 0 Å². The second kappa shape index (κ2) is 8.40. The first kappa shape index (κ1) is 21.3. The largest absolute Gasteiger partial charge is 0.356 e. The third kappa shape index (κ3) is 3.78. The first-order valence-electron chi connectivity index (χ1n) is 11.5. The Labute approximate surface area is 194 Å². The van der Waals surface area contributed by atoms with Crippen molar-refractivity contribution in [1.29, 1.82) is 0 Å². The first-order chi connectivity index (χ1) is 15.9. The van der Waals surface area contributed by atoms with Gasteiger partial charge in [-0.15, -0.1) is 0 Å². The second-order valence-corrected chi connectivity index (χ2v) is 9.02. The molecular weight excluding hydrogens is 407 g/mol. The lowest BCUT2D eigenvalue weighted by atomic mass is 9.96. The van der Waals surface area contributed by atoms with Crippen molar-refractivity contribution in [1.82, 2.24) is 9.55 Å². The zero-order chi connectivity index (χ0) is 23.1. The molecule has 0 amide bonds. The molecule has 166 valence electrons. The van der Waals surface area contributed by atoms with Gasteiger partial charge in [-0.1, -0.05) is 55.1 Å². The van der Waals surface area contributed by atoms with E-state index < -0.39 is 0 Å². The Hall–Kier alpha value is -3.59. The highest BCUT2D eigenvalue weighted by Crippen LogP contribution is 2.31. The van der Waals surface area contributed by atoms with Crippen LogP contribution in [0.5, 0.6) is 0 Å². The predicted molar refractivity (Wildman–Crippen MR) is 138 cm³/mol. The smallest absolute Gasteiger partial charge is 0.147 e. The third-order valence-electron chi connectivity index (χ3n) is 6.88. The maximum Gasteiger partial charge on any atom is 0.147 e. The number of aromatic nitrogens is 2. The molecule has 0 saturated heterocycles. The summed E-state index contributed by atoms with van der Waals surface area (Å²) in [4.78, 5) is 3.24. The predicted octanol–water partition coefficient (Wildman–Crippen LogP) is 8.12. The molecular formula is C30H29FN2. The number of hydrogen-bond donors (Lipinski definition) is 1. The molecule has 2 aromatic heterocycles. The molecule has 0 atom stereocenters. The highest BCUT2D eigenvalue weighted by Gasteiger charge is 2.14. The Balaban J connectivity index is 1.29. The third-order valence-corrected chi connectivity index (χ3v) is 6.88. The van der Waals surface area contributed by atoms with E-state index in [1.54, 1.807) is 6.07 Å². The lowest BCUT2D eigenvalue weighted by molar-refractivity contribution is 0.637. The van der Waals surface area contributed by atoms with Gasteiger partial charge in [0.15, 0.2) is 0 Å². The number of fused-ring (bicyclic) bond motifs is 2. The number of benzene rings is 3. The fourth-order valence-electron chi connectivity index (χ4n) is 5.02. The van der Waals surface area contributed by atoms with E-state index in [0.29, 0.717) is 5.52 Å². The summed E-state index contributed by atoms with van der Waals surface area (Å²) >= 11 is 0. The van der Waals surface area contributed by atoms with Gasteiger partial charge in [-0.25, -0.2) is 4.39 Å². The molecule has 0 aliphatic carbocycles. The van der Waals surface area contributed by atoms with E-state index in [9.17, 15) is 4.39 Å². The van der Waals surface area contributed by atoms with E-state index in [0.717, 1.165) is 41.5 Å². The molecule has 5 rings (SSSR count). The minimum Gasteiger partial charge on any atom is -0.356 e. The minimum absolute atomic E-state index is 0.180. The standard InChI is InChI=1S/C30H29FN2/c1-19(8-7-10-25-21(3)32-30-26(31)17-12-20(2)29(25)30)22-13-15-23(16-14-22)28-18-24-9-5-6-11-27(24)33(28)4/h5-6,9,11-18,32H,1,7-8,10H2,2-4H3. The van der Waals surface area contributed by atoms with Crippen LogP contribution in [0.3, 0.4) is 0 Å². The topological polar surface area (TPSA) is 20.7 Å². The van der Waals surface area contributed by atoms with E-state index >= 15 is 0 Å². The molecule has 0 unspecified atom stereocenters. The van der Waals surface area contributed by atoms with Crippen LogP contribution in [-0.2, 0) is 13.5 Å². The van der Waals surface area contributed by atoms with Crippen molar-refractivity contribution >= 4 is 27.4 Å². The van der Waals surface area contributed by atoms with Crippen LogP contribution in [0.15, 0.2) is 73.3 Å². The number of aromatic amines is 1. The van der Waals surface area contributed by atoms with Gasteiger partial charge in [-0.3, -0.25) is 0 Å². The fraction of sp³-hybridized carbons (Fsp3) is 0.200. The van der Waals surface area contributed by atoms with Crippen LogP contribution >= 0.6 is 0 Å². The van der Waals surface area contributed by atoms with E-state index in [-0.39, 0.29) is 5.82 Å². The zero-order valence-corrected chi connectivity index (χ0v) is 19.5. The molecule has 0 bridgehead atoms. The van der Waals surface area contributed by atoms with Crippen molar-refractivity contribution in [3.8, 4) is 11.3 Å². The quantitative estimate of drug-likeness (QED) is 0.277. The molecule has 3 aromatic carbocycles. The van der Waals surface area contributed by atoms with Crippen molar-refractivity contribution in [3.63, 3.8) is 0 Å². The minimum atomic E-state index is -0.180. The van der Waals surface area contributed by atoms with Crippen molar-refractivity contribution in [2.45, 2.75) is 33.1 Å². The molecule has 0 aliphatic rings. The summed E-state index contributed by atoms with van der Waals surface area (Å²) in [6.07, 6.45) is 2.80. The van der Waals surface area contributed by atoms with Crippen LogP contribution in [0, 0.1) is 19.7 Å². The van der Waals surface area contributed by atoms with Gasteiger partial charge in [0.25, 0.3) is 0 Å². The summed E-state index contributed by atoms with van der Waals surface area (Å²) in [5.74, 6) is -0.180. The highest BCUT2D eigenvalue weighted by atomic mass is 19.1. The molecule has 0 aliphatic heterocycles. The maximum absolute atomic E-state index is 14.2. The number of hydrogen-bond acceptors (Lipinski definition) is 0. The lowest BCUT2D eigenvalue weighted by Gasteiger charge is -2.09. The number of allylic oxidation sites excluding steroid dienone is 1. The number of para-hydroxylation sites is 1. The maximum atomic E-state index is 14.2. The van der Waals surface area contributed by atoms with E-state index in [1.165, 1.54) is 33.3 Å². The van der Waals surface area contributed by atoms with Crippen LogP contribution < -0.4 is 0 Å². The highest BCUT2D eigenvalue weighted by molar-refractivity contribution is 5.88. The summed E-state index contributed by atoms with van der Waals surface area (Å²) in [5.41, 5.74) is 10.0. The molecule has 0 spiro atoms. The Morgan fingerprint density at radius 1 is 1.00 bits per heavy atom. The van der Waals surface area contributed by atoms with Gasteiger partial charge in [0.2, 0.25) is 0 Å². The molecule has 1 N–H and O–H groups in total. The molecule has 5 aromatic rings. The summed E-state index contributed by atoms with van der Waals surface area (Å²) in [6.45, 7) is 8.43. The average molecular weight is 437 g/mol. The number of rotatable bonds is 6. The van der Waals surface area contributed by atoms with Crippen LogP contribution in [0.25, 0.3) is 38.6 Å². The number of H-pyrrole nitrogens is 1. The van der Waals surface area contributed by atoms with Crippen LogP contribution in [0.2, 0.25) is 0 Å². The van der Waals surface area contributed by atoms with Crippen LogP contribution in [0.1, 0.15) is 35.2 Å². The van der Waals surface area contributed by atoms with Crippen molar-refractivity contribution in [2.24, 2.45) is 7.05 Å². The molecule has 2 heterocycles. The normalized spacial score (nSPS) is 11.5. The zero-order valence-electron chi connectivity index (χ0n) is 19.5. The van der Waals surface area contributed by atoms with Gasteiger partial charge in [0.05, 0.1) is 5.52 Å². The summed E-state index contributed by atoms with van der Waals surface area (Å²) in [5, 5.41) is 2.29. The molecule has 0 fully saturated rings. The average Bonchev–Trinajstić information content (AvgIpc) is 3.34. The first-order valence-corrected chi connectivity index (χ1v) is 11.5. The molecule has 3 heteroatoms. The number of aryl methyl sites for hydroxylation is 4. The molecule has 2 nitrogen and oxygen atoms in total. The second-order valence-electron chi connectivity index (χ2n) is 9.02. The van der Waals surface area contributed by atoms with Crippen molar-refractivity contribution in [3.05, 3.63) is 102 Å². The summed E-state index contributed by atoms with van der Waals surface area (Å²) < 4.78 is 16.5. The summed E-state index contributed by atoms with van der Waals surface area (Å²) in [6, 6.07) is 22.8. The number of nitrogens with one attached hydrogen (secondary N) is 1. The van der Waals surface area contributed by atoms with Gasteiger partial charge < -0.3 is 9.55 Å². The van der Waals surface area contributed by atoms with E-state index in [1.807, 2.05) is 13.0 Å². The Morgan fingerprint density at radius 2 is 1.76 bits per heavy atom. The van der Waals surface area contributed by atoms with Gasteiger partial charge in [0.1, 0.15) is 5.82 Å². The molecule has 0 saturated carbocycles. The van der Waals surface area contributed by atoms with Crippen molar-refractivity contribution < 1.29 is 4.39 Å². The van der Waals surface area contributed by atoms with E-state index in [2.05, 4.69) is 84.7 Å². The van der Waals surface area contributed by atoms with Crippen LogP contribution in [-0.4, -0.2) is 9.55 Å². The Bertz CT molecular complexity index is 1480. The molecule has 33 heavy (non-hydrogen) atoms. The van der Waals surface area contributed by atoms with Gasteiger partial charge in [0, 0.05) is 34.7 Å². The molecule has 0 radical (unpaired) electrons. The van der Waals surface area contributed by atoms with E-state index in [4.69, 9.17) is 0 Å². The van der Waals surface area contributed by atoms with Gasteiger partial charge in [-0.2, -0.15) is 0 Å². The monoisotopic (exact) mass is 436 g/mol. The number of nitrogens with zero attached hydrogens (tertiary/aromatic N) is 1.